The molecule has 0 atom stereocenters. The van der Waals surface area contributed by atoms with Crippen LogP contribution in [0.3, 0.4) is 0 Å². The Morgan fingerprint density at radius 2 is 1.43 bits per heavy atom. The maximum atomic E-state index is 12.4. The van der Waals surface area contributed by atoms with E-state index in [9.17, 15) is 18.0 Å². The molecular weight excluding hydrogens is 316 g/mol. The van der Waals surface area contributed by atoms with E-state index in [0.29, 0.717) is 31.7 Å². The molecule has 23 heavy (non-hydrogen) atoms. The van der Waals surface area contributed by atoms with E-state index in [4.69, 9.17) is 0 Å². The number of carbonyl (C=O) groups excluding carboxylic acids is 2. The summed E-state index contributed by atoms with van der Waals surface area (Å²) in [5.74, 6) is -0.123. The number of hydrogen-bond acceptors (Lipinski definition) is 4. The van der Waals surface area contributed by atoms with Crippen molar-refractivity contribution in [3.8, 4) is 0 Å². The van der Waals surface area contributed by atoms with Gasteiger partial charge in [0.05, 0.1) is 10.1 Å². The highest BCUT2D eigenvalue weighted by Crippen LogP contribution is 2.17. The Morgan fingerprint density at radius 1 is 0.957 bits per heavy atom. The SMILES string of the molecule is CC(=O)N1CCN(C(=O)c2ccc(S(=O)(=O)C(C)C)cc2)CC1. The summed E-state index contributed by atoms with van der Waals surface area (Å²) in [7, 11) is -3.33. The number of carbonyl (C=O) groups is 2. The lowest BCUT2D eigenvalue weighted by molar-refractivity contribution is -0.130. The van der Waals surface area contributed by atoms with Gasteiger partial charge in [0.2, 0.25) is 5.91 Å². The average Bonchev–Trinajstić information content (AvgIpc) is 2.54. The molecule has 126 valence electrons. The van der Waals surface area contributed by atoms with Crippen molar-refractivity contribution in [3.63, 3.8) is 0 Å². The van der Waals surface area contributed by atoms with Gasteiger partial charge < -0.3 is 9.80 Å². The van der Waals surface area contributed by atoms with Gasteiger partial charge >= 0.3 is 0 Å². The fraction of sp³-hybridized carbons (Fsp3) is 0.500. The molecule has 6 nitrogen and oxygen atoms in total. The van der Waals surface area contributed by atoms with Crippen molar-refractivity contribution in [2.75, 3.05) is 26.2 Å². The lowest BCUT2D eigenvalue weighted by Crippen LogP contribution is -2.50. The Bertz CT molecular complexity index is 687. The van der Waals surface area contributed by atoms with Gasteiger partial charge in [0.25, 0.3) is 5.91 Å². The van der Waals surface area contributed by atoms with Crippen LogP contribution in [0.25, 0.3) is 0 Å². The summed E-state index contributed by atoms with van der Waals surface area (Å²) in [5, 5.41) is -0.497. The fourth-order valence-corrected chi connectivity index (χ4v) is 3.53. The monoisotopic (exact) mass is 338 g/mol. The molecular formula is C16H22N2O4S. The summed E-state index contributed by atoms with van der Waals surface area (Å²) in [6.07, 6.45) is 0. The molecule has 0 unspecified atom stereocenters. The minimum Gasteiger partial charge on any atom is -0.339 e. The normalized spacial score (nSPS) is 15.8. The van der Waals surface area contributed by atoms with Crippen LogP contribution in [0.1, 0.15) is 31.1 Å². The molecule has 1 aliphatic rings. The van der Waals surface area contributed by atoms with Crippen LogP contribution < -0.4 is 0 Å². The van der Waals surface area contributed by atoms with Crippen LogP contribution in [0, 0.1) is 0 Å². The van der Waals surface area contributed by atoms with Crippen molar-refractivity contribution in [2.24, 2.45) is 0 Å². The molecule has 1 fully saturated rings. The zero-order chi connectivity index (χ0) is 17.2. The Hall–Kier alpha value is -1.89. The van der Waals surface area contributed by atoms with E-state index in [1.807, 2.05) is 0 Å². The molecule has 1 heterocycles. The molecule has 0 saturated carbocycles. The number of amides is 2. The summed E-state index contributed by atoms with van der Waals surface area (Å²) in [6, 6.07) is 6.06. The molecule has 0 radical (unpaired) electrons. The van der Waals surface area contributed by atoms with E-state index in [-0.39, 0.29) is 16.7 Å². The maximum absolute atomic E-state index is 12.4. The number of benzene rings is 1. The zero-order valence-corrected chi connectivity index (χ0v) is 14.5. The summed E-state index contributed by atoms with van der Waals surface area (Å²) >= 11 is 0. The molecule has 7 heteroatoms. The first-order valence-electron chi connectivity index (χ1n) is 7.62. The summed E-state index contributed by atoms with van der Waals surface area (Å²) in [5.41, 5.74) is 0.462. The zero-order valence-electron chi connectivity index (χ0n) is 13.7. The molecule has 0 spiro atoms. The Kier molecular flexibility index (Phi) is 5.09. The van der Waals surface area contributed by atoms with Crippen molar-refractivity contribution in [3.05, 3.63) is 29.8 Å². The second kappa shape index (κ2) is 6.70. The first-order chi connectivity index (χ1) is 10.7. The average molecular weight is 338 g/mol. The van der Waals surface area contributed by atoms with Crippen molar-refractivity contribution in [1.82, 2.24) is 9.80 Å². The maximum Gasteiger partial charge on any atom is 0.253 e. The molecule has 0 aliphatic carbocycles. The van der Waals surface area contributed by atoms with Crippen LogP contribution in [0.4, 0.5) is 0 Å². The molecule has 2 rings (SSSR count). The number of hydrogen-bond donors (Lipinski definition) is 0. The highest BCUT2D eigenvalue weighted by molar-refractivity contribution is 7.92. The van der Waals surface area contributed by atoms with E-state index in [2.05, 4.69) is 0 Å². The van der Waals surface area contributed by atoms with Gasteiger partial charge in [-0.1, -0.05) is 0 Å². The van der Waals surface area contributed by atoms with Gasteiger partial charge in [-0.2, -0.15) is 0 Å². The lowest BCUT2D eigenvalue weighted by atomic mass is 10.2. The van der Waals surface area contributed by atoms with Gasteiger partial charge in [0, 0.05) is 38.7 Å². The summed E-state index contributed by atoms with van der Waals surface area (Å²) < 4.78 is 24.2. The van der Waals surface area contributed by atoms with Crippen LogP contribution >= 0.6 is 0 Å². The highest BCUT2D eigenvalue weighted by Gasteiger charge is 2.24. The van der Waals surface area contributed by atoms with Gasteiger partial charge in [-0.25, -0.2) is 8.42 Å². The van der Waals surface area contributed by atoms with Gasteiger partial charge in [-0.05, 0) is 38.1 Å². The first kappa shape index (κ1) is 17.5. The van der Waals surface area contributed by atoms with Crippen LogP contribution in [-0.2, 0) is 14.6 Å². The van der Waals surface area contributed by atoms with Crippen molar-refractivity contribution in [2.45, 2.75) is 30.9 Å². The molecule has 1 aromatic rings. The van der Waals surface area contributed by atoms with E-state index < -0.39 is 15.1 Å². The summed E-state index contributed by atoms with van der Waals surface area (Å²) in [4.78, 5) is 27.4. The standard InChI is InChI=1S/C16H22N2O4S/c1-12(2)23(21,22)15-6-4-14(5-7-15)16(20)18-10-8-17(9-11-18)13(3)19/h4-7,12H,8-11H2,1-3H3. The highest BCUT2D eigenvalue weighted by atomic mass is 32.2. The van der Waals surface area contributed by atoms with Gasteiger partial charge in [-0.3, -0.25) is 9.59 Å². The Balaban J connectivity index is 2.09. The molecule has 1 saturated heterocycles. The van der Waals surface area contributed by atoms with Crippen molar-refractivity contribution >= 4 is 21.7 Å². The summed E-state index contributed by atoms with van der Waals surface area (Å²) in [6.45, 7) is 6.81. The Morgan fingerprint density at radius 3 is 1.87 bits per heavy atom. The first-order valence-corrected chi connectivity index (χ1v) is 9.17. The second-order valence-corrected chi connectivity index (χ2v) is 8.42. The van der Waals surface area contributed by atoms with Gasteiger partial charge in [0.15, 0.2) is 9.84 Å². The van der Waals surface area contributed by atoms with Gasteiger partial charge in [-0.15, -0.1) is 0 Å². The van der Waals surface area contributed by atoms with Crippen LogP contribution in [-0.4, -0.2) is 61.5 Å². The lowest BCUT2D eigenvalue weighted by Gasteiger charge is -2.34. The minimum atomic E-state index is -3.33. The minimum absolute atomic E-state index is 0.0142. The molecule has 0 bridgehead atoms. The van der Waals surface area contributed by atoms with Gasteiger partial charge in [0.1, 0.15) is 0 Å². The third kappa shape index (κ3) is 3.72. The number of sulfone groups is 1. The fourth-order valence-electron chi connectivity index (χ4n) is 2.47. The van der Waals surface area contributed by atoms with E-state index in [1.165, 1.54) is 19.1 Å². The number of piperazine rings is 1. The smallest absolute Gasteiger partial charge is 0.253 e. The van der Waals surface area contributed by atoms with E-state index in [1.54, 1.807) is 35.8 Å². The molecule has 1 aromatic carbocycles. The van der Waals surface area contributed by atoms with Crippen molar-refractivity contribution < 1.29 is 18.0 Å². The number of rotatable bonds is 3. The molecule has 0 N–H and O–H groups in total. The van der Waals surface area contributed by atoms with E-state index >= 15 is 0 Å². The third-order valence-electron chi connectivity index (χ3n) is 4.06. The predicted octanol–water partition coefficient (Wildman–Crippen LogP) is 1.17. The number of nitrogens with zero attached hydrogens (tertiary/aromatic N) is 2. The van der Waals surface area contributed by atoms with Crippen molar-refractivity contribution in [1.29, 1.82) is 0 Å². The molecule has 1 aliphatic heterocycles. The topological polar surface area (TPSA) is 74.8 Å². The van der Waals surface area contributed by atoms with Crippen LogP contribution in [0.5, 0.6) is 0 Å². The quantitative estimate of drug-likeness (QED) is 0.829. The molecule has 2 amide bonds. The third-order valence-corrected chi connectivity index (χ3v) is 6.23. The molecule has 0 aromatic heterocycles. The Labute approximate surface area is 137 Å². The largest absolute Gasteiger partial charge is 0.339 e. The van der Waals surface area contributed by atoms with Crippen LogP contribution in [0.2, 0.25) is 0 Å². The second-order valence-electron chi connectivity index (χ2n) is 5.92. The van der Waals surface area contributed by atoms with Crippen LogP contribution in [0.15, 0.2) is 29.2 Å². The predicted molar refractivity (Wildman–Crippen MR) is 86.9 cm³/mol. The van der Waals surface area contributed by atoms with E-state index in [0.717, 1.165) is 0 Å².